The van der Waals surface area contributed by atoms with E-state index in [0.29, 0.717) is 17.8 Å². The molecular weight excluding hydrogens is 232 g/mol. The van der Waals surface area contributed by atoms with Gasteiger partial charge >= 0.3 is 0 Å². The molecule has 98 valence electrons. The van der Waals surface area contributed by atoms with Crippen LogP contribution in [0.3, 0.4) is 0 Å². The average Bonchev–Trinajstić information content (AvgIpc) is 2.30. The van der Waals surface area contributed by atoms with Gasteiger partial charge in [-0.05, 0) is 31.5 Å². The predicted octanol–water partition coefficient (Wildman–Crippen LogP) is 0.434. The number of primary amides is 2. The highest BCUT2D eigenvalue weighted by Crippen LogP contribution is 2.22. The normalized spacial score (nSPS) is 13.7. The van der Waals surface area contributed by atoms with Crippen LogP contribution in [0.2, 0.25) is 0 Å². The van der Waals surface area contributed by atoms with Gasteiger partial charge < -0.3 is 22.5 Å². The van der Waals surface area contributed by atoms with E-state index >= 15 is 0 Å². The molecule has 7 N–H and O–H groups in total. The van der Waals surface area contributed by atoms with Crippen molar-refractivity contribution >= 4 is 23.2 Å². The first-order valence-electron chi connectivity index (χ1n) is 5.57. The maximum Gasteiger partial charge on any atom is 0.250 e. The van der Waals surface area contributed by atoms with Crippen LogP contribution in [0.15, 0.2) is 18.2 Å². The lowest BCUT2D eigenvalue weighted by Gasteiger charge is -2.27. The maximum atomic E-state index is 11.4. The number of carbonyl (C=O) groups is 2. The van der Waals surface area contributed by atoms with Gasteiger partial charge in [-0.2, -0.15) is 0 Å². The van der Waals surface area contributed by atoms with Crippen LogP contribution in [-0.2, 0) is 4.79 Å². The fourth-order valence-corrected chi connectivity index (χ4v) is 1.49. The zero-order valence-electron chi connectivity index (χ0n) is 10.5. The van der Waals surface area contributed by atoms with E-state index in [4.69, 9.17) is 17.2 Å². The van der Waals surface area contributed by atoms with Crippen molar-refractivity contribution in [2.45, 2.75) is 25.8 Å². The number of amides is 2. The molecule has 0 fully saturated rings. The molecule has 1 unspecified atom stereocenters. The minimum Gasteiger partial charge on any atom is -0.398 e. The van der Waals surface area contributed by atoms with Gasteiger partial charge in [-0.1, -0.05) is 6.92 Å². The highest BCUT2D eigenvalue weighted by molar-refractivity contribution is 5.99. The molecule has 0 aliphatic rings. The topological polar surface area (TPSA) is 124 Å². The summed E-state index contributed by atoms with van der Waals surface area (Å²) in [6.45, 7) is 3.53. The molecule has 0 heterocycles. The van der Waals surface area contributed by atoms with Crippen molar-refractivity contribution in [1.29, 1.82) is 0 Å². The summed E-state index contributed by atoms with van der Waals surface area (Å²) >= 11 is 0. The van der Waals surface area contributed by atoms with E-state index in [1.807, 2.05) is 6.92 Å². The van der Waals surface area contributed by atoms with Crippen molar-refractivity contribution in [3.8, 4) is 0 Å². The summed E-state index contributed by atoms with van der Waals surface area (Å²) in [6.07, 6.45) is 0.513. The lowest BCUT2D eigenvalue weighted by Crippen LogP contribution is -2.47. The molecule has 0 radical (unpaired) electrons. The lowest BCUT2D eigenvalue weighted by molar-refractivity contribution is -0.121. The van der Waals surface area contributed by atoms with Crippen LogP contribution in [0.5, 0.6) is 0 Å². The molecule has 1 atom stereocenters. The molecule has 0 aliphatic heterocycles. The molecule has 1 aromatic carbocycles. The molecule has 0 bridgehead atoms. The second-order valence-electron chi connectivity index (χ2n) is 4.34. The first-order chi connectivity index (χ1) is 8.30. The average molecular weight is 250 g/mol. The fraction of sp³-hybridized carbons (Fsp3) is 0.333. The fourth-order valence-electron chi connectivity index (χ4n) is 1.49. The van der Waals surface area contributed by atoms with Crippen molar-refractivity contribution in [3.05, 3.63) is 23.8 Å². The van der Waals surface area contributed by atoms with Gasteiger partial charge in [-0.15, -0.1) is 0 Å². The number of hydrogen-bond donors (Lipinski definition) is 4. The van der Waals surface area contributed by atoms with E-state index in [-0.39, 0.29) is 5.56 Å². The third-order valence-corrected chi connectivity index (χ3v) is 2.99. The number of nitrogens with two attached hydrogens (primary N) is 3. The molecule has 1 rings (SSSR count). The second-order valence-corrected chi connectivity index (χ2v) is 4.34. The second kappa shape index (κ2) is 4.95. The lowest BCUT2D eigenvalue weighted by atomic mass is 9.97. The van der Waals surface area contributed by atoms with Crippen molar-refractivity contribution < 1.29 is 9.59 Å². The van der Waals surface area contributed by atoms with Gasteiger partial charge in [-0.3, -0.25) is 9.59 Å². The van der Waals surface area contributed by atoms with Crippen LogP contribution in [0.1, 0.15) is 30.6 Å². The van der Waals surface area contributed by atoms with Crippen LogP contribution >= 0.6 is 0 Å². The summed E-state index contributed by atoms with van der Waals surface area (Å²) in [5, 5.41) is 2.99. The van der Waals surface area contributed by atoms with Gasteiger partial charge in [0, 0.05) is 11.4 Å². The molecule has 0 spiro atoms. The van der Waals surface area contributed by atoms with Crippen LogP contribution in [0, 0.1) is 0 Å². The summed E-state index contributed by atoms with van der Waals surface area (Å²) in [5.74, 6) is -1.09. The zero-order chi connectivity index (χ0) is 13.9. The molecule has 0 aliphatic carbocycles. The molecule has 2 amide bonds. The number of nitrogen functional groups attached to an aromatic ring is 1. The molecule has 0 saturated carbocycles. The molecule has 0 aromatic heterocycles. The molecule has 1 aromatic rings. The highest BCUT2D eigenvalue weighted by atomic mass is 16.2. The molecule has 6 heteroatoms. The first-order valence-corrected chi connectivity index (χ1v) is 5.57. The summed E-state index contributed by atoms with van der Waals surface area (Å²) in [6, 6.07) is 4.73. The largest absolute Gasteiger partial charge is 0.398 e. The summed E-state index contributed by atoms with van der Waals surface area (Å²) in [5.41, 5.74) is 16.4. The Bertz CT molecular complexity index is 487. The van der Waals surface area contributed by atoms with Crippen molar-refractivity contribution in [2.75, 3.05) is 11.1 Å². The monoisotopic (exact) mass is 250 g/mol. The van der Waals surface area contributed by atoms with Crippen molar-refractivity contribution in [3.63, 3.8) is 0 Å². The van der Waals surface area contributed by atoms with Crippen LogP contribution < -0.4 is 22.5 Å². The van der Waals surface area contributed by atoms with Gasteiger partial charge in [0.2, 0.25) is 5.91 Å². The van der Waals surface area contributed by atoms with Gasteiger partial charge in [0.05, 0.1) is 5.56 Å². The Morgan fingerprint density at radius 2 is 1.94 bits per heavy atom. The van der Waals surface area contributed by atoms with Crippen LogP contribution in [0.25, 0.3) is 0 Å². The molecular formula is C12H18N4O2. The number of benzene rings is 1. The van der Waals surface area contributed by atoms with Crippen LogP contribution in [0.4, 0.5) is 11.4 Å². The van der Waals surface area contributed by atoms with Crippen molar-refractivity contribution in [2.24, 2.45) is 11.5 Å². The van der Waals surface area contributed by atoms with Crippen molar-refractivity contribution in [1.82, 2.24) is 0 Å². The Morgan fingerprint density at radius 3 is 2.39 bits per heavy atom. The van der Waals surface area contributed by atoms with Gasteiger partial charge in [0.1, 0.15) is 5.54 Å². The molecule has 0 saturated heterocycles. The molecule has 18 heavy (non-hydrogen) atoms. The smallest absolute Gasteiger partial charge is 0.250 e. The van der Waals surface area contributed by atoms with E-state index < -0.39 is 17.4 Å². The SMILES string of the molecule is CCC(C)(Nc1ccc(N)c(C(N)=O)c1)C(N)=O. The van der Waals surface area contributed by atoms with E-state index in [2.05, 4.69) is 5.32 Å². The number of nitrogens with one attached hydrogen (secondary N) is 1. The minimum atomic E-state index is -0.884. The Kier molecular flexibility index (Phi) is 3.80. The number of anilines is 2. The van der Waals surface area contributed by atoms with Gasteiger partial charge in [0.25, 0.3) is 5.91 Å². The zero-order valence-corrected chi connectivity index (χ0v) is 10.5. The van der Waals surface area contributed by atoms with E-state index in [1.165, 1.54) is 6.07 Å². The standard InChI is InChI=1S/C12H18N4O2/c1-3-12(2,11(15)18)16-7-4-5-9(13)8(6-7)10(14)17/h4-6,16H,3,13H2,1-2H3,(H2,14,17)(H2,15,18). The molecule has 6 nitrogen and oxygen atoms in total. The number of hydrogen-bond acceptors (Lipinski definition) is 4. The quantitative estimate of drug-likeness (QED) is 0.566. The van der Waals surface area contributed by atoms with E-state index in [1.54, 1.807) is 19.1 Å². The number of rotatable bonds is 5. The maximum absolute atomic E-state index is 11.4. The summed E-state index contributed by atoms with van der Waals surface area (Å²) in [7, 11) is 0. The summed E-state index contributed by atoms with van der Waals surface area (Å²) < 4.78 is 0. The number of carbonyl (C=O) groups excluding carboxylic acids is 2. The third-order valence-electron chi connectivity index (χ3n) is 2.99. The Hall–Kier alpha value is -2.24. The minimum absolute atomic E-state index is 0.211. The van der Waals surface area contributed by atoms with Gasteiger partial charge in [-0.25, -0.2) is 0 Å². The Labute approximate surface area is 106 Å². The Morgan fingerprint density at radius 1 is 1.33 bits per heavy atom. The van der Waals surface area contributed by atoms with Gasteiger partial charge in [0.15, 0.2) is 0 Å². The van der Waals surface area contributed by atoms with E-state index in [9.17, 15) is 9.59 Å². The third kappa shape index (κ3) is 2.71. The first kappa shape index (κ1) is 13.8. The Balaban J connectivity index is 3.09. The predicted molar refractivity (Wildman–Crippen MR) is 70.9 cm³/mol. The van der Waals surface area contributed by atoms with Crippen LogP contribution in [-0.4, -0.2) is 17.4 Å². The summed E-state index contributed by atoms with van der Waals surface area (Å²) in [4.78, 5) is 22.6. The van der Waals surface area contributed by atoms with E-state index in [0.717, 1.165) is 0 Å². The highest BCUT2D eigenvalue weighted by Gasteiger charge is 2.28.